The number of carbonyl (C=O) groups excluding carboxylic acids is 1. The molecule has 4 atom stereocenters. The molecular formula is C17H17NO4. The number of carbonyl (C=O) groups is 1. The maximum absolute atomic E-state index is 12.4. The van der Waals surface area contributed by atoms with Gasteiger partial charge in [-0.05, 0) is 36.1 Å². The second kappa shape index (κ2) is 3.59. The van der Waals surface area contributed by atoms with Crippen molar-refractivity contribution in [2.45, 2.75) is 49.3 Å². The lowest BCUT2D eigenvalue weighted by molar-refractivity contribution is -0.132. The summed E-state index contributed by atoms with van der Waals surface area (Å²) in [7, 11) is 0. The number of rotatable bonds is 0. The molecule has 4 aliphatic heterocycles. The van der Waals surface area contributed by atoms with Gasteiger partial charge in [-0.2, -0.15) is 0 Å². The fourth-order valence-electron chi connectivity index (χ4n) is 5.32. The van der Waals surface area contributed by atoms with Crippen LogP contribution in [0.1, 0.15) is 36.3 Å². The van der Waals surface area contributed by atoms with Crippen molar-refractivity contribution in [1.82, 2.24) is 4.90 Å². The molecule has 22 heavy (non-hydrogen) atoms. The summed E-state index contributed by atoms with van der Waals surface area (Å²) in [6.45, 7) is 1.13. The highest BCUT2D eigenvalue weighted by molar-refractivity contribution is 5.81. The first-order chi connectivity index (χ1) is 10.8. The Labute approximate surface area is 128 Å². The van der Waals surface area contributed by atoms with E-state index in [0.717, 1.165) is 37.3 Å². The Kier molecular flexibility index (Phi) is 1.92. The van der Waals surface area contributed by atoms with Crippen LogP contribution in [0.2, 0.25) is 0 Å². The van der Waals surface area contributed by atoms with E-state index in [2.05, 4.69) is 17.0 Å². The monoisotopic (exact) mass is 299 g/mol. The van der Waals surface area contributed by atoms with E-state index in [1.54, 1.807) is 0 Å². The molecule has 1 saturated carbocycles. The molecule has 2 saturated heterocycles. The van der Waals surface area contributed by atoms with E-state index in [0.29, 0.717) is 31.1 Å². The molecule has 114 valence electrons. The highest BCUT2D eigenvalue weighted by atomic mass is 16.7. The lowest BCUT2D eigenvalue weighted by Crippen LogP contribution is -2.49. The molecule has 1 aromatic carbocycles. The third-order valence-electron chi connectivity index (χ3n) is 6.27. The predicted molar refractivity (Wildman–Crippen MR) is 76.0 cm³/mol. The summed E-state index contributed by atoms with van der Waals surface area (Å²) in [6, 6.07) is 4.27. The van der Waals surface area contributed by atoms with E-state index < -0.39 is 0 Å². The van der Waals surface area contributed by atoms with E-state index in [1.807, 2.05) is 0 Å². The minimum atomic E-state index is -0.0103. The van der Waals surface area contributed by atoms with Crippen molar-refractivity contribution in [3.05, 3.63) is 23.3 Å². The van der Waals surface area contributed by atoms with E-state index in [1.165, 1.54) is 11.1 Å². The third-order valence-corrected chi connectivity index (χ3v) is 6.27. The fourth-order valence-corrected chi connectivity index (χ4v) is 5.32. The largest absolute Gasteiger partial charge is 0.454 e. The van der Waals surface area contributed by atoms with Gasteiger partial charge >= 0.3 is 0 Å². The number of benzene rings is 1. The molecule has 0 bridgehead atoms. The molecule has 6 rings (SSSR count). The molecule has 3 fully saturated rings. The van der Waals surface area contributed by atoms with Crippen LogP contribution in [0, 0.1) is 0 Å². The second-order valence-electron chi connectivity index (χ2n) is 7.12. The third kappa shape index (κ3) is 1.24. The summed E-state index contributed by atoms with van der Waals surface area (Å²) in [5.74, 6) is 2.30. The van der Waals surface area contributed by atoms with Crippen LogP contribution in [0.25, 0.3) is 0 Å². The van der Waals surface area contributed by atoms with Gasteiger partial charge in [0.1, 0.15) is 0 Å². The lowest BCUT2D eigenvalue weighted by atomic mass is 9.78. The van der Waals surface area contributed by atoms with Crippen molar-refractivity contribution < 1.29 is 19.0 Å². The van der Waals surface area contributed by atoms with Gasteiger partial charge in [-0.1, -0.05) is 0 Å². The minimum absolute atomic E-state index is 0.0103. The quantitative estimate of drug-likeness (QED) is 0.683. The van der Waals surface area contributed by atoms with Crippen LogP contribution >= 0.6 is 0 Å². The zero-order valence-electron chi connectivity index (χ0n) is 12.2. The van der Waals surface area contributed by atoms with Gasteiger partial charge in [-0.15, -0.1) is 0 Å². The summed E-state index contributed by atoms with van der Waals surface area (Å²) in [4.78, 5) is 14.6. The second-order valence-corrected chi connectivity index (χ2v) is 7.12. The molecule has 4 heterocycles. The van der Waals surface area contributed by atoms with Gasteiger partial charge in [0.05, 0.1) is 17.7 Å². The summed E-state index contributed by atoms with van der Waals surface area (Å²) in [5.41, 5.74) is 2.61. The highest BCUT2D eigenvalue weighted by Gasteiger charge is 2.68. The van der Waals surface area contributed by atoms with Crippen molar-refractivity contribution in [2.24, 2.45) is 0 Å². The van der Waals surface area contributed by atoms with Crippen LogP contribution in [-0.2, 0) is 16.0 Å². The molecular weight excluding hydrogens is 282 g/mol. The van der Waals surface area contributed by atoms with Gasteiger partial charge in [-0.25, -0.2) is 0 Å². The van der Waals surface area contributed by atoms with Gasteiger partial charge in [0.15, 0.2) is 11.5 Å². The summed E-state index contributed by atoms with van der Waals surface area (Å²) in [6.07, 6.45) is 4.19. The molecule has 0 aromatic heterocycles. The Morgan fingerprint density at radius 2 is 2.05 bits per heavy atom. The number of hydrogen-bond donors (Lipinski definition) is 0. The molecule has 1 aromatic rings. The molecule has 1 spiro atoms. The number of hydrogen-bond acceptors (Lipinski definition) is 4. The number of nitrogens with zero attached hydrogens (tertiary/aromatic N) is 1. The summed E-state index contributed by atoms with van der Waals surface area (Å²) >= 11 is 0. The average Bonchev–Trinajstić information content (AvgIpc) is 2.87. The van der Waals surface area contributed by atoms with Crippen molar-refractivity contribution in [3.8, 4) is 11.5 Å². The standard InChI is InChI=1S/C17H17NO4/c19-14-1-3-17-7-13-16(22-13)15(17)10-6-12-11(20-8-21-12)5-9(10)2-4-18(14)17/h5-6,13,15-16H,1-4,7-8H2. The molecule has 0 N–H and O–H groups in total. The Bertz CT molecular complexity index is 717. The van der Waals surface area contributed by atoms with Crippen molar-refractivity contribution in [1.29, 1.82) is 0 Å². The maximum atomic E-state index is 12.4. The summed E-state index contributed by atoms with van der Waals surface area (Å²) in [5, 5.41) is 0. The Hall–Kier alpha value is -1.75. The van der Waals surface area contributed by atoms with E-state index >= 15 is 0 Å². The molecule has 4 unspecified atom stereocenters. The van der Waals surface area contributed by atoms with Gasteiger partial charge in [0.2, 0.25) is 12.7 Å². The molecule has 5 aliphatic rings. The smallest absolute Gasteiger partial charge is 0.231 e. The van der Waals surface area contributed by atoms with Gasteiger partial charge < -0.3 is 19.1 Å². The highest BCUT2D eigenvalue weighted by Crippen LogP contribution is 2.62. The molecule has 1 amide bonds. The van der Waals surface area contributed by atoms with Gasteiger partial charge in [0.25, 0.3) is 0 Å². The van der Waals surface area contributed by atoms with Crippen LogP contribution in [-0.4, -0.2) is 41.9 Å². The van der Waals surface area contributed by atoms with E-state index in [9.17, 15) is 4.79 Å². The van der Waals surface area contributed by atoms with Crippen LogP contribution in [0.3, 0.4) is 0 Å². The van der Waals surface area contributed by atoms with Crippen molar-refractivity contribution in [2.75, 3.05) is 13.3 Å². The zero-order chi connectivity index (χ0) is 14.5. The number of ether oxygens (including phenoxy) is 3. The number of fused-ring (bicyclic) bond motifs is 5. The molecule has 5 nitrogen and oxygen atoms in total. The van der Waals surface area contributed by atoms with Crippen molar-refractivity contribution >= 4 is 5.91 Å². The Balaban J connectivity index is 1.57. The van der Waals surface area contributed by atoms with Crippen LogP contribution in [0.4, 0.5) is 0 Å². The normalized spacial score (nSPS) is 39.9. The van der Waals surface area contributed by atoms with Crippen LogP contribution in [0.15, 0.2) is 12.1 Å². The number of amides is 1. The number of epoxide rings is 1. The summed E-state index contributed by atoms with van der Waals surface area (Å²) < 4.78 is 17.0. The fraction of sp³-hybridized carbons (Fsp3) is 0.588. The van der Waals surface area contributed by atoms with E-state index in [-0.39, 0.29) is 11.6 Å². The predicted octanol–water partition coefficient (Wildman–Crippen LogP) is 1.59. The average molecular weight is 299 g/mol. The molecule has 1 aliphatic carbocycles. The van der Waals surface area contributed by atoms with E-state index in [4.69, 9.17) is 14.2 Å². The van der Waals surface area contributed by atoms with Gasteiger partial charge in [0, 0.05) is 25.3 Å². The first-order valence-corrected chi connectivity index (χ1v) is 8.15. The molecule has 0 radical (unpaired) electrons. The zero-order valence-corrected chi connectivity index (χ0v) is 12.2. The van der Waals surface area contributed by atoms with Crippen LogP contribution < -0.4 is 9.47 Å². The van der Waals surface area contributed by atoms with Crippen molar-refractivity contribution in [3.63, 3.8) is 0 Å². The minimum Gasteiger partial charge on any atom is -0.454 e. The first-order valence-electron chi connectivity index (χ1n) is 8.15. The maximum Gasteiger partial charge on any atom is 0.231 e. The first kappa shape index (κ1) is 11.8. The lowest BCUT2D eigenvalue weighted by Gasteiger charge is -2.40. The Morgan fingerprint density at radius 3 is 2.95 bits per heavy atom. The SMILES string of the molecule is O=C1CCC23CC4OC4C2c2cc4c(cc2CCN13)OCO4. The Morgan fingerprint density at radius 1 is 1.18 bits per heavy atom. The van der Waals surface area contributed by atoms with Crippen LogP contribution in [0.5, 0.6) is 11.5 Å². The van der Waals surface area contributed by atoms with Gasteiger partial charge in [-0.3, -0.25) is 4.79 Å². The topological polar surface area (TPSA) is 51.3 Å². The molecule has 5 heteroatoms.